The Kier molecular flexibility index (Phi) is 5.93. The lowest BCUT2D eigenvalue weighted by Gasteiger charge is -2.27. The fraction of sp³-hybridized carbons (Fsp3) is 0.600. The number of nitrogens with zero attached hydrogens (tertiary/aromatic N) is 2. The van der Waals surface area contributed by atoms with Crippen molar-refractivity contribution in [3.63, 3.8) is 0 Å². The Morgan fingerprint density at radius 3 is 2.62 bits per heavy atom. The fourth-order valence-electron chi connectivity index (χ4n) is 3.96. The van der Waals surface area contributed by atoms with Crippen LogP contribution in [-0.4, -0.2) is 53.9 Å². The standard InChI is InChI=1S/C20H31N3O/c1-16-13-17(2)20-18(5-3-8-22-10-6-21-7-11-22)15-23(9-4-12-24)19(20)14-16/h13-15,21,24H,3-12H2,1-2H3. The summed E-state index contributed by atoms with van der Waals surface area (Å²) in [6.45, 7) is 11.3. The van der Waals surface area contributed by atoms with E-state index in [1.165, 1.54) is 53.6 Å². The van der Waals surface area contributed by atoms with Crippen molar-refractivity contribution in [3.05, 3.63) is 35.0 Å². The molecule has 4 heteroatoms. The number of aryl methyl sites for hydroxylation is 4. The van der Waals surface area contributed by atoms with Crippen molar-refractivity contribution in [1.29, 1.82) is 0 Å². The first-order chi connectivity index (χ1) is 11.7. The molecule has 0 radical (unpaired) electrons. The van der Waals surface area contributed by atoms with E-state index in [2.05, 4.69) is 47.0 Å². The summed E-state index contributed by atoms with van der Waals surface area (Å²) < 4.78 is 2.34. The average Bonchev–Trinajstić information content (AvgIpc) is 2.92. The Morgan fingerprint density at radius 2 is 1.88 bits per heavy atom. The molecule has 0 aliphatic carbocycles. The van der Waals surface area contributed by atoms with Gasteiger partial charge in [0, 0.05) is 56.4 Å². The third-order valence-electron chi connectivity index (χ3n) is 5.09. The Balaban J connectivity index is 1.76. The molecule has 24 heavy (non-hydrogen) atoms. The lowest BCUT2D eigenvalue weighted by Crippen LogP contribution is -2.43. The van der Waals surface area contributed by atoms with E-state index in [1.807, 2.05) is 0 Å². The van der Waals surface area contributed by atoms with Gasteiger partial charge in [0.1, 0.15) is 0 Å². The number of aliphatic hydroxyl groups excluding tert-OH is 1. The van der Waals surface area contributed by atoms with Gasteiger partial charge in [0.2, 0.25) is 0 Å². The summed E-state index contributed by atoms with van der Waals surface area (Å²) in [6.07, 6.45) is 5.49. The molecule has 2 heterocycles. The van der Waals surface area contributed by atoms with Gasteiger partial charge in [0.05, 0.1) is 0 Å². The van der Waals surface area contributed by atoms with Crippen LogP contribution in [0, 0.1) is 13.8 Å². The van der Waals surface area contributed by atoms with Gasteiger partial charge < -0.3 is 19.9 Å². The van der Waals surface area contributed by atoms with Crippen molar-refractivity contribution < 1.29 is 5.11 Å². The van der Waals surface area contributed by atoms with Crippen LogP contribution in [0.15, 0.2) is 18.3 Å². The zero-order chi connectivity index (χ0) is 16.9. The molecular formula is C20H31N3O. The molecule has 1 fully saturated rings. The van der Waals surface area contributed by atoms with Gasteiger partial charge in [-0.15, -0.1) is 0 Å². The van der Waals surface area contributed by atoms with Crippen LogP contribution in [0.3, 0.4) is 0 Å². The molecule has 1 saturated heterocycles. The number of hydrogen-bond acceptors (Lipinski definition) is 3. The molecule has 1 aliphatic heterocycles. The van der Waals surface area contributed by atoms with Gasteiger partial charge in [-0.2, -0.15) is 0 Å². The van der Waals surface area contributed by atoms with Crippen LogP contribution in [0.5, 0.6) is 0 Å². The van der Waals surface area contributed by atoms with Crippen LogP contribution < -0.4 is 5.32 Å². The highest BCUT2D eigenvalue weighted by Gasteiger charge is 2.13. The van der Waals surface area contributed by atoms with E-state index in [1.54, 1.807) is 0 Å². The number of benzene rings is 1. The summed E-state index contributed by atoms with van der Waals surface area (Å²) in [5, 5.41) is 14.0. The average molecular weight is 329 g/mol. The van der Waals surface area contributed by atoms with Crippen molar-refractivity contribution in [2.45, 2.75) is 39.7 Å². The number of nitrogens with one attached hydrogen (secondary N) is 1. The molecule has 2 aromatic rings. The number of fused-ring (bicyclic) bond motifs is 1. The lowest BCUT2D eigenvalue weighted by molar-refractivity contribution is 0.238. The second kappa shape index (κ2) is 8.15. The van der Waals surface area contributed by atoms with Crippen molar-refractivity contribution in [2.24, 2.45) is 0 Å². The molecule has 1 aliphatic rings. The number of piperazine rings is 1. The molecule has 0 saturated carbocycles. The maximum absolute atomic E-state index is 9.18. The monoisotopic (exact) mass is 329 g/mol. The highest BCUT2D eigenvalue weighted by molar-refractivity contribution is 5.88. The third kappa shape index (κ3) is 4.00. The minimum absolute atomic E-state index is 0.253. The Bertz CT molecular complexity index is 671. The van der Waals surface area contributed by atoms with Crippen LogP contribution >= 0.6 is 0 Å². The summed E-state index contributed by atoms with van der Waals surface area (Å²) >= 11 is 0. The van der Waals surface area contributed by atoms with E-state index in [9.17, 15) is 5.11 Å². The van der Waals surface area contributed by atoms with Gasteiger partial charge in [-0.25, -0.2) is 0 Å². The normalized spacial score (nSPS) is 16.1. The Hall–Kier alpha value is -1.36. The molecule has 0 spiro atoms. The zero-order valence-electron chi connectivity index (χ0n) is 15.1. The molecule has 3 rings (SSSR count). The van der Waals surface area contributed by atoms with E-state index in [0.717, 1.165) is 32.5 Å². The highest BCUT2D eigenvalue weighted by atomic mass is 16.3. The smallest absolute Gasteiger partial charge is 0.0488 e. The molecular weight excluding hydrogens is 298 g/mol. The maximum Gasteiger partial charge on any atom is 0.0488 e. The maximum atomic E-state index is 9.18. The molecule has 0 unspecified atom stereocenters. The van der Waals surface area contributed by atoms with Crippen molar-refractivity contribution >= 4 is 10.9 Å². The first kappa shape index (κ1) is 17.5. The number of rotatable bonds is 7. The summed E-state index contributed by atoms with van der Waals surface area (Å²) in [5.74, 6) is 0. The highest BCUT2D eigenvalue weighted by Crippen LogP contribution is 2.28. The molecule has 2 N–H and O–H groups in total. The van der Waals surface area contributed by atoms with Gasteiger partial charge in [0.15, 0.2) is 0 Å². The minimum Gasteiger partial charge on any atom is -0.396 e. The quantitative estimate of drug-likeness (QED) is 0.820. The van der Waals surface area contributed by atoms with E-state index < -0.39 is 0 Å². The van der Waals surface area contributed by atoms with Gasteiger partial charge in [0.25, 0.3) is 0 Å². The van der Waals surface area contributed by atoms with Crippen LogP contribution in [0.4, 0.5) is 0 Å². The van der Waals surface area contributed by atoms with E-state index >= 15 is 0 Å². The van der Waals surface area contributed by atoms with Crippen LogP contribution in [-0.2, 0) is 13.0 Å². The Labute approximate surface area is 145 Å². The summed E-state index contributed by atoms with van der Waals surface area (Å²) in [7, 11) is 0. The predicted octanol–water partition coefficient (Wildman–Crippen LogP) is 2.48. The Morgan fingerprint density at radius 1 is 1.08 bits per heavy atom. The minimum atomic E-state index is 0.253. The van der Waals surface area contributed by atoms with Gasteiger partial charge in [-0.05, 0) is 62.4 Å². The van der Waals surface area contributed by atoms with Crippen molar-refractivity contribution in [3.8, 4) is 0 Å². The van der Waals surface area contributed by atoms with Crippen molar-refractivity contribution in [2.75, 3.05) is 39.3 Å². The SMILES string of the molecule is Cc1cc(C)c2c(CCCN3CCNCC3)cn(CCCO)c2c1. The molecule has 1 aromatic carbocycles. The topological polar surface area (TPSA) is 40.4 Å². The molecule has 0 amide bonds. The molecule has 4 nitrogen and oxygen atoms in total. The largest absolute Gasteiger partial charge is 0.396 e. The van der Waals surface area contributed by atoms with Crippen molar-refractivity contribution in [1.82, 2.24) is 14.8 Å². The third-order valence-corrected chi connectivity index (χ3v) is 5.09. The summed E-state index contributed by atoms with van der Waals surface area (Å²) in [4.78, 5) is 2.57. The fourth-order valence-corrected chi connectivity index (χ4v) is 3.96. The van der Waals surface area contributed by atoms with E-state index in [-0.39, 0.29) is 6.61 Å². The number of aliphatic hydroxyl groups is 1. The van der Waals surface area contributed by atoms with E-state index in [0.29, 0.717) is 0 Å². The zero-order valence-corrected chi connectivity index (χ0v) is 15.1. The second-order valence-electron chi connectivity index (χ2n) is 7.10. The van der Waals surface area contributed by atoms with Crippen LogP contribution in [0.2, 0.25) is 0 Å². The first-order valence-corrected chi connectivity index (χ1v) is 9.32. The number of hydrogen-bond donors (Lipinski definition) is 2. The van der Waals surface area contributed by atoms with Crippen LogP contribution in [0.25, 0.3) is 10.9 Å². The first-order valence-electron chi connectivity index (χ1n) is 9.32. The predicted molar refractivity (Wildman–Crippen MR) is 101 cm³/mol. The van der Waals surface area contributed by atoms with E-state index in [4.69, 9.17) is 0 Å². The molecule has 132 valence electrons. The molecule has 1 aromatic heterocycles. The van der Waals surface area contributed by atoms with Gasteiger partial charge in [-0.1, -0.05) is 6.07 Å². The van der Waals surface area contributed by atoms with Crippen LogP contribution in [0.1, 0.15) is 29.5 Å². The summed E-state index contributed by atoms with van der Waals surface area (Å²) in [5.41, 5.74) is 5.49. The molecule has 0 atom stereocenters. The lowest BCUT2D eigenvalue weighted by atomic mass is 10.0. The molecule has 0 bridgehead atoms. The second-order valence-corrected chi connectivity index (χ2v) is 7.10. The number of aromatic nitrogens is 1. The summed E-state index contributed by atoms with van der Waals surface area (Å²) in [6, 6.07) is 4.58. The van der Waals surface area contributed by atoms with Gasteiger partial charge >= 0.3 is 0 Å². The van der Waals surface area contributed by atoms with Gasteiger partial charge in [-0.3, -0.25) is 0 Å².